The smallest absolute Gasteiger partial charge is 0.378 e. The predicted octanol–water partition coefficient (Wildman–Crippen LogP) is 3.21. The van der Waals surface area contributed by atoms with Crippen molar-refractivity contribution in [3.8, 4) is 17.1 Å². The first-order chi connectivity index (χ1) is 16.5. The second-order valence-electron chi connectivity index (χ2n) is 6.93. The van der Waals surface area contributed by atoms with Crippen molar-refractivity contribution < 1.29 is 19.1 Å². The highest BCUT2D eigenvalue weighted by molar-refractivity contribution is 6.33. The molecule has 0 bridgehead atoms. The van der Waals surface area contributed by atoms with Crippen molar-refractivity contribution in [2.24, 2.45) is 0 Å². The highest BCUT2D eigenvalue weighted by Gasteiger charge is 2.21. The molecule has 0 atom stereocenters. The van der Waals surface area contributed by atoms with Gasteiger partial charge in [0, 0.05) is 5.56 Å². The standard InChI is InChI=1S/C24H18ClN5O4/c25-19-14-8-7-13-18(19)23(32)28-27-20(31)15-34-24(33)21-26-22(16-9-3-1-4-10-16)30(29-21)17-11-5-2-6-12-17/h1-14H,15H2,(H,27,31)(H,28,32). The lowest BCUT2D eigenvalue weighted by Crippen LogP contribution is -2.43. The summed E-state index contributed by atoms with van der Waals surface area (Å²) < 4.78 is 6.55. The lowest BCUT2D eigenvalue weighted by Gasteiger charge is -2.08. The molecule has 170 valence electrons. The number of amides is 2. The van der Waals surface area contributed by atoms with Crippen LogP contribution >= 0.6 is 11.6 Å². The molecular formula is C24H18ClN5O4. The number of ether oxygens (including phenoxy) is 1. The molecule has 0 spiro atoms. The van der Waals surface area contributed by atoms with E-state index in [4.69, 9.17) is 16.3 Å². The minimum atomic E-state index is -0.889. The van der Waals surface area contributed by atoms with E-state index in [9.17, 15) is 14.4 Å². The maximum absolute atomic E-state index is 12.5. The molecule has 0 aliphatic rings. The van der Waals surface area contributed by atoms with Gasteiger partial charge in [0.25, 0.3) is 17.6 Å². The Morgan fingerprint density at radius 3 is 2.21 bits per heavy atom. The van der Waals surface area contributed by atoms with E-state index in [0.717, 1.165) is 5.56 Å². The average Bonchev–Trinajstić information content (AvgIpc) is 3.33. The second-order valence-corrected chi connectivity index (χ2v) is 7.34. The van der Waals surface area contributed by atoms with E-state index in [-0.39, 0.29) is 16.4 Å². The van der Waals surface area contributed by atoms with Crippen molar-refractivity contribution in [3.05, 3.63) is 101 Å². The Balaban J connectivity index is 1.42. The molecule has 0 saturated carbocycles. The molecule has 2 amide bonds. The Hall–Kier alpha value is -4.50. The van der Waals surface area contributed by atoms with Crippen LogP contribution in [0.1, 0.15) is 21.0 Å². The van der Waals surface area contributed by atoms with Crippen molar-refractivity contribution in [1.82, 2.24) is 25.6 Å². The monoisotopic (exact) mass is 475 g/mol. The van der Waals surface area contributed by atoms with E-state index in [1.54, 1.807) is 18.2 Å². The largest absolute Gasteiger partial charge is 0.450 e. The van der Waals surface area contributed by atoms with Crippen LogP contribution in [0.4, 0.5) is 0 Å². The van der Waals surface area contributed by atoms with Crippen LogP contribution in [0.25, 0.3) is 17.1 Å². The number of benzene rings is 3. The summed E-state index contributed by atoms with van der Waals surface area (Å²) in [5.41, 5.74) is 6.01. The number of carbonyl (C=O) groups excluding carboxylic acids is 3. The maximum atomic E-state index is 12.5. The fourth-order valence-corrected chi connectivity index (χ4v) is 3.21. The molecule has 34 heavy (non-hydrogen) atoms. The second kappa shape index (κ2) is 10.4. The van der Waals surface area contributed by atoms with Gasteiger partial charge in [-0.1, -0.05) is 72.3 Å². The van der Waals surface area contributed by atoms with Gasteiger partial charge >= 0.3 is 5.97 Å². The van der Waals surface area contributed by atoms with E-state index in [1.807, 2.05) is 60.7 Å². The van der Waals surface area contributed by atoms with Crippen molar-refractivity contribution in [2.75, 3.05) is 6.61 Å². The quantitative estimate of drug-likeness (QED) is 0.327. The third kappa shape index (κ3) is 5.28. The maximum Gasteiger partial charge on any atom is 0.378 e. The minimum absolute atomic E-state index is 0.186. The molecule has 4 rings (SSSR count). The van der Waals surface area contributed by atoms with Crippen molar-refractivity contribution in [3.63, 3.8) is 0 Å². The molecular weight excluding hydrogens is 458 g/mol. The van der Waals surface area contributed by atoms with Crippen LogP contribution in [-0.4, -0.2) is 39.2 Å². The van der Waals surface area contributed by atoms with Gasteiger partial charge in [0.05, 0.1) is 16.3 Å². The van der Waals surface area contributed by atoms with Crippen LogP contribution in [0, 0.1) is 0 Å². The number of hydrogen-bond acceptors (Lipinski definition) is 6. The van der Waals surface area contributed by atoms with Gasteiger partial charge in [0.1, 0.15) is 0 Å². The molecule has 0 aliphatic heterocycles. The summed E-state index contributed by atoms with van der Waals surface area (Å²) in [6, 6.07) is 24.8. The average molecular weight is 476 g/mol. The van der Waals surface area contributed by atoms with Gasteiger partial charge < -0.3 is 4.74 Å². The topological polar surface area (TPSA) is 115 Å². The molecule has 0 unspecified atom stereocenters. The van der Waals surface area contributed by atoms with Crippen LogP contribution in [0.5, 0.6) is 0 Å². The lowest BCUT2D eigenvalue weighted by atomic mass is 10.2. The van der Waals surface area contributed by atoms with Crippen LogP contribution in [0.3, 0.4) is 0 Å². The SMILES string of the molecule is O=C(COC(=O)c1nc(-c2ccccc2)n(-c2ccccc2)n1)NNC(=O)c1ccccc1Cl. The molecule has 1 aromatic heterocycles. The zero-order chi connectivity index (χ0) is 23.9. The third-order valence-electron chi connectivity index (χ3n) is 4.59. The number of rotatable bonds is 6. The number of carbonyl (C=O) groups is 3. The summed E-state index contributed by atoms with van der Waals surface area (Å²) in [6.45, 7) is -0.651. The van der Waals surface area contributed by atoms with Gasteiger partial charge in [0.2, 0.25) is 0 Å². The van der Waals surface area contributed by atoms with Crippen LogP contribution < -0.4 is 10.9 Å². The fraction of sp³-hybridized carbons (Fsp3) is 0.0417. The molecule has 0 aliphatic carbocycles. The highest BCUT2D eigenvalue weighted by atomic mass is 35.5. The Morgan fingerprint density at radius 1 is 0.853 bits per heavy atom. The first-order valence-corrected chi connectivity index (χ1v) is 10.5. The first-order valence-electron chi connectivity index (χ1n) is 10.1. The summed E-state index contributed by atoms with van der Waals surface area (Å²) in [4.78, 5) is 41.0. The summed E-state index contributed by atoms with van der Waals surface area (Å²) in [7, 11) is 0. The van der Waals surface area contributed by atoms with Crippen LogP contribution in [0.2, 0.25) is 5.02 Å². The van der Waals surface area contributed by atoms with Gasteiger partial charge in [-0.25, -0.2) is 14.5 Å². The highest BCUT2D eigenvalue weighted by Crippen LogP contribution is 2.21. The number of hydrogen-bond donors (Lipinski definition) is 2. The van der Waals surface area contributed by atoms with Gasteiger partial charge in [-0.05, 0) is 24.3 Å². The van der Waals surface area contributed by atoms with E-state index >= 15 is 0 Å². The van der Waals surface area contributed by atoms with Crippen LogP contribution in [0.15, 0.2) is 84.9 Å². The Kier molecular flexibility index (Phi) is 6.95. The molecule has 0 fully saturated rings. The summed E-state index contributed by atoms with van der Waals surface area (Å²) in [5, 5.41) is 4.50. The third-order valence-corrected chi connectivity index (χ3v) is 4.92. The number of para-hydroxylation sites is 1. The van der Waals surface area contributed by atoms with Gasteiger partial charge in [-0.3, -0.25) is 20.4 Å². The lowest BCUT2D eigenvalue weighted by molar-refractivity contribution is -0.125. The molecule has 3 aromatic carbocycles. The summed E-state index contributed by atoms with van der Waals surface area (Å²) in [5.74, 6) is -2.02. The Labute approximate surface area is 199 Å². The number of hydrazine groups is 1. The number of esters is 1. The molecule has 0 saturated heterocycles. The van der Waals surface area contributed by atoms with Crippen molar-refractivity contribution in [2.45, 2.75) is 0 Å². The van der Waals surface area contributed by atoms with Crippen molar-refractivity contribution >= 4 is 29.4 Å². The van der Waals surface area contributed by atoms with E-state index in [1.165, 1.54) is 10.7 Å². The number of aromatic nitrogens is 3. The van der Waals surface area contributed by atoms with Gasteiger partial charge in [-0.15, -0.1) is 5.10 Å². The number of nitrogens with one attached hydrogen (secondary N) is 2. The first kappa shape index (κ1) is 22.7. The van der Waals surface area contributed by atoms with E-state index in [2.05, 4.69) is 20.9 Å². The van der Waals surface area contributed by atoms with Crippen LogP contribution in [-0.2, 0) is 9.53 Å². The Bertz CT molecular complexity index is 1270. The molecule has 4 aromatic rings. The summed E-state index contributed by atoms with van der Waals surface area (Å²) >= 11 is 5.95. The molecule has 1 heterocycles. The van der Waals surface area contributed by atoms with Crippen molar-refractivity contribution in [1.29, 1.82) is 0 Å². The summed E-state index contributed by atoms with van der Waals surface area (Å²) in [6.07, 6.45) is 0. The van der Waals surface area contributed by atoms with Gasteiger partial charge in [0.15, 0.2) is 12.4 Å². The zero-order valence-electron chi connectivity index (χ0n) is 17.6. The molecule has 9 nitrogen and oxygen atoms in total. The molecule has 0 radical (unpaired) electrons. The fourth-order valence-electron chi connectivity index (χ4n) is 2.99. The molecule has 10 heteroatoms. The van der Waals surface area contributed by atoms with Gasteiger partial charge in [-0.2, -0.15) is 0 Å². The van der Waals surface area contributed by atoms with E-state index in [0.29, 0.717) is 11.5 Å². The number of halogens is 1. The normalized spacial score (nSPS) is 10.4. The predicted molar refractivity (Wildman–Crippen MR) is 124 cm³/mol. The minimum Gasteiger partial charge on any atom is -0.450 e. The Morgan fingerprint density at radius 2 is 1.50 bits per heavy atom. The zero-order valence-corrected chi connectivity index (χ0v) is 18.4. The van der Waals surface area contributed by atoms with E-state index < -0.39 is 24.4 Å². The number of nitrogens with zero attached hydrogens (tertiary/aromatic N) is 3. The molecule has 2 N–H and O–H groups in total.